The number of rotatable bonds is 7. The first-order valence-electron chi connectivity index (χ1n) is 9.76. The van der Waals surface area contributed by atoms with E-state index in [9.17, 15) is 9.18 Å². The second kappa shape index (κ2) is 9.84. The number of carbonyl (C=O) groups excluding carboxylic acids is 1. The van der Waals surface area contributed by atoms with Crippen LogP contribution < -0.4 is 10.1 Å². The summed E-state index contributed by atoms with van der Waals surface area (Å²) in [6.45, 7) is 5.63. The summed E-state index contributed by atoms with van der Waals surface area (Å²) in [6.07, 6.45) is 6.91. The number of hydrogen-bond acceptors (Lipinski definition) is 6. The second-order valence-corrected chi connectivity index (χ2v) is 7.05. The van der Waals surface area contributed by atoms with Crippen molar-refractivity contribution in [2.45, 2.75) is 26.8 Å². The van der Waals surface area contributed by atoms with Crippen molar-refractivity contribution >= 4 is 22.6 Å². The molecule has 0 fully saturated rings. The van der Waals surface area contributed by atoms with Crippen LogP contribution >= 0.6 is 0 Å². The molecule has 31 heavy (non-hydrogen) atoms. The average molecular weight is 421 g/mol. The summed E-state index contributed by atoms with van der Waals surface area (Å²) >= 11 is 0. The van der Waals surface area contributed by atoms with Gasteiger partial charge in [-0.25, -0.2) is 19.2 Å². The number of nitrogens with one attached hydrogen (secondary N) is 1. The Labute approximate surface area is 180 Å². The van der Waals surface area contributed by atoms with Crippen molar-refractivity contribution in [2.75, 3.05) is 12.4 Å². The molecular weight excluding hydrogens is 397 g/mol. The van der Waals surface area contributed by atoms with Crippen LogP contribution in [-0.2, 0) is 9.53 Å². The number of halogens is 1. The Balaban J connectivity index is 1.91. The first kappa shape index (κ1) is 22.0. The van der Waals surface area contributed by atoms with E-state index >= 15 is 0 Å². The molecule has 0 aliphatic heterocycles. The van der Waals surface area contributed by atoms with Crippen LogP contribution in [0.25, 0.3) is 10.8 Å². The van der Waals surface area contributed by atoms with E-state index in [0.29, 0.717) is 28.4 Å². The Kier molecular flexibility index (Phi) is 6.97. The summed E-state index contributed by atoms with van der Waals surface area (Å²) in [5, 5.41) is 4.94. The monoisotopic (exact) mass is 421 g/mol. The molecule has 0 aliphatic carbocycles. The van der Waals surface area contributed by atoms with E-state index in [2.05, 4.69) is 15.3 Å². The standard InChI is InChI=1S/C24H24FN3O3/c1-15(8-9-16(2)24(29)30-4)17(3)28-22-21-18(10-12-26-22)11-13-27-23(21)31-20-7-5-6-19(25)14-20/h5-14,17H,1-4H3,(H,26,28)/b15-8+,16-9+. The number of pyridine rings is 2. The molecule has 0 amide bonds. The molecule has 1 atom stereocenters. The van der Waals surface area contributed by atoms with E-state index in [0.717, 1.165) is 11.0 Å². The van der Waals surface area contributed by atoms with Crippen molar-refractivity contribution in [1.29, 1.82) is 0 Å². The lowest BCUT2D eigenvalue weighted by Crippen LogP contribution is -2.17. The molecule has 0 radical (unpaired) electrons. The number of methoxy groups -OCH3 is 1. The van der Waals surface area contributed by atoms with Gasteiger partial charge in [0.25, 0.3) is 0 Å². The highest BCUT2D eigenvalue weighted by Crippen LogP contribution is 2.32. The lowest BCUT2D eigenvalue weighted by Gasteiger charge is -2.18. The Bertz CT molecular complexity index is 1150. The number of esters is 1. The zero-order valence-electron chi connectivity index (χ0n) is 17.8. The van der Waals surface area contributed by atoms with Crippen LogP contribution in [0, 0.1) is 5.82 Å². The number of nitrogens with zero attached hydrogens (tertiary/aromatic N) is 2. The van der Waals surface area contributed by atoms with Gasteiger partial charge in [-0.1, -0.05) is 23.8 Å². The SMILES string of the molecule is COC(=O)/C(C)=C/C=C(\C)C(C)Nc1nccc2ccnc(Oc3cccc(F)c3)c12. The smallest absolute Gasteiger partial charge is 0.333 e. The Hall–Kier alpha value is -3.74. The summed E-state index contributed by atoms with van der Waals surface area (Å²) < 4.78 is 24.1. The number of benzene rings is 1. The number of aromatic nitrogens is 2. The van der Waals surface area contributed by atoms with Crippen molar-refractivity contribution in [3.63, 3.8) is 0 Å². The van der Waals surface area contributed by atoms with Crippen LogP contribution in [0.15, 0.2) is 72.1 Å². The van der Waals surface area contributed by atoms with E-state index in [1.165, 1.54) is 19.2 Å². The fourth-order valence-corrected chi connectivity index (χ4v) is 2.87. The van der Waals surface area contributed by atoms with Gasteiger partial charge in [0, 0.05) is 30.1 Å². The van der Waals surface area contributed by atoms with E-state index in [-0.39, 0.29) is 17.8 Å². The second-order valence-electron chi connectivity index (χ2n) is 7.05. The molecule has 0 saturated heterocycles. The number of anilines is 1. The molecule has 2 aromatic heterocycles. The third-order valence-corrected chi connectivity index (χ3v) is 4.79. The highest BCUT2D eigenvalue weighted by molar-refractivity contribution is 5.96. The van der Waals surface area contributed by atoms with Crippen molar-refractivity contribution in [3.8, 4) is 11.6 Å². The molecular formula is C24H24FN3O3. The van der Waals surface area contributed by atoms with Crippen LogP contribution in [0.2, 0.25) is 0 Å². The zero-order chi connectivity index (χ0) is 22.4. The fourth-order valence-electron chi connectivity index (χ4n) is 2.87. The molecule has 1 unspecified atom stereocenters. The topological polar surface area (TPSA) is 73.3 Å². The van der Waals surface area contributed by atoms with Crippen molar-refractivity contribution in [1.82, 2.24) is 9.97 Å². The largest absolute Gasteiger partial charge is 0.466 e. The predicted octanol–water partition coefficient (Wildman–Crippen LogP) is 5.43. The normalized spacial score (nSPS) is 13.1. The summed E-state index contributed by atoms with van der Waals surface area (Å²) in [7, 11) is 1.35. The lowest BCUT2D eigenvalue weighted by molar-refractivity contribution is -0.136. The fraction of sp³-hybridized carbons (Fsp3) is 0.208. The minimum absolute atomic E-state index is 0.0953. The number of carbonyl (C=O) groups is 1. The van der Waals surface area contributed by atoms with E-state index in [4.69, 9.17) is 9.47 Å². The first-order valence-corrected chi connectivity index (χ1v) is 9.76. The summed E-state index contributed by atoms with van der Waals surface area (Å²) in [5.41, 5.74) is 1.49. The third kappa shape index (κ3) is 5.45. The van der Waals surface area contributed by atoms with Gasteiger partial charge < -0.3 is 14.8 Å². The van der Waals surface area contributed by atoms with Gasteiger partial charge in [0.1, 0.15) is 17.4 Å². The molecule has 1 N–H and O–H groups in total. The minimum atomic E-state index is -0.390. The van der Waals surface area contributed by atoms with Crippen LogP contribution in [0.5, 0.6) is 11.6 Å². The number of hydrogen-bond donors (Lipinski definition) is 1. The van der Waals surface area contributed by atoms with Gasteiger partial charge in [-0.2, -0.15) is 0 Å². The predicted molar refractivity (Wildman–Crippen MR) is 119 cm³/mol. The molecule has 3 rings (SSSR count). The lowest BCUT2D eigenvalue weighted by atomic mass is 10.1. The molecule has 2 heterocycles. The quantitative estimate of drug-likeness (QED) is 0.312. The average Bonchev–Trinajstić information content (AvgIpc) is 2.76. The molecule has 7 heteroatoms. The molecule has 0 aliphatic rings. The summed E-state index contributed by atoms with van der Waals surface area (Å²) in [4.78, 5) is 20.3. The summed E-state index contributed by atoms with van der Waals surface area (Å²) in [6, 6.07) is 9.52. The molecule has 3 aromatic rings. The van der Waals surface area contributed by atoms with Gasteiger partial charge in [-0.15, -0.1) is 0 Å². The molecule has 0 saturated carbocycles. The Morgan fingerprint density at radius 1 is 1.13 bits per heavy atom. The number of fused-ring (bicyclic) bond motifs is 1. The number of ether oxygens (including phenoxy) is 2. The van der Waals surface area contributed by atoms with E-state index in [1.807, 2.05) is 32.1 Å². The minimum Gasteiger partial charge on any atom is -0.466 e. The van der Waals surface area contributed by atoms with Crippen LogP contribution in [0.3, 0.4) is 0 Å². The summed E-state index contributed by atoms with van der Waals surface area (Å²) in [5.74, 6) is 0.506. The Morgan fingerprint density at radius 2 is 1.87 bits per heavy atom. The maximum Gasteiger partial charge on any atom is 0.333 e. The highest BCUT2D eigenvalue weighted by Gasteiger charge is 2.14. The maximum absolute atomic E-state index is 13.6. The van der Waals surface area contributed by atoms with Gasteiger partial charge in [0.05, 0.1) is 12.5 Å². The van der Waals surface area contributed by atoms with Gasteiger partial charge in [-0.3, -0.25) is 0 Å². The number of allylic oxidation sites excluding steroid dienone is 2. The zero-order valence-corrected chi connectivity index (χ0v) is 17.8. The molecule has 1 aromatic carbocycles. The van der Waals surface area contributed by atoms with Crippen LogP contribution in [0.1, 0.15) is 20.8 Å². The highest BCUT2D eigenvalue weighted by atomic mass is 19.1. The Morgan fingerprint density at radius 3 is 2.58 bits per heavy atom. The van der Waals surface area contributed by atoms with E-state index in [1.54, 1.807) is 37.5 Å². The first-order chi connectivity index (χ1) is 14.9. The van der Waals surface area contributed by atoms with Gasteiger partial charge in [0.2, 0.25) is 5.88 Å². The van der Waals surface area contributed by atoms with Crippen molar-refractivity contribution in [3.05, 3.63) is 77.9 Å². The molecule has 0 spiro atoms. The molecule has 6 nitrogen and oxygen atoms in total. The molecule has 160 valence electrons. The van der Waals surface area contributed by atoms with Gasteiger partial charge in [-0.05, 0) is 50.4 Å². The third-order valence-electron chi connectivity index (χ3n) is 4.79. The maximum atomic E-state index is 13.6. The van der Waals surface area contributed by atoms with Crippen molar-refractivity contribution < 1.29 is 18.7 Å². The molecule has 0 bridgehead atoms. The van der Waals surface area contributed by atoms with Gasteiger partial charge >= 0.3 is 5.97 Å². The van der Waals surface area contributed by atoms with Gasteiger partial charge in [0.15, 0.2) is 0 Å². The van der Waals surface area contributed by atoms with E-state index < -0.39 is 0 Å². The van der Waals surface area contributed by atoms with Crippen molar-refractivity contribution in [2.24, 2.45) is 0 Å². The van der Waals surface area contributed by atoms with Crippen LogP contribution in [-0.4, -0.2) is 29.1 Å². The van der Waals surface area contributed by atoms with Crippen LogP contribution in [0.4, 0.5) is 10.2 Å².